The summed E-state index contributed by atoms with van der Waals surface area (Å²) in [5.41, 5.74) is 0. The lowest BCUT2D eigenvalue weighted by molar-refractivity contribution is -0.170. The molecular formula is C12H21NO9. The highest BCUT2D eigenvalue weighted by Gasteiger charge is 2.35. The molecule has 0 saturated heterocycles. The van der Waals surface area contributed by atoms with Crippen LogP contribution in [0.4, 0.5) is 0 Å². The minimum absolute atomic E-state index is 0.0302. The molecule has 0 aromatic heterocycles. The Bertz CT molecular complexity index is 389. The molecular weight excluding hydrogens is 302 g/mol. The van der Waals surface area contributed by atoms with Crippen LogP contribution in [0.3, 0.4) is 0 Å². The Morgan fingerprint density at radius 3 is 2.18 bits per heavy atom. The van der Waals surface area contributed by atoms with Gasteiger partial charge in [-0.15, -0.1) is 0 Å². The largest absolute Gasteiger partial charge is 0.480 e. The van der Waals surface area contributed by atoms with Crippen LogP contribution in [0.15, 0.2) is 0 Å². The number of aliphatic hydroxyl groups is 4. The van der Waals surface area contributed by atoms with Crippen molar-refractivity contribution in [2.45, 2.75) is 50.4 Å². The third-order valence-electron chi connectivity index (χ3n) is 2.85. The maximum absolute atomic E-state index is 11.7. The summed E-state index contributed by atoms with van der Waals surface area (Å²) in [6.07, 6.45) is -8.38. The van der Waals surface area contributed by atoms with Crippen LogP contribution in [0.5, 0.6) is 0 Å². The Hall–Kier alpha value is -1.59. The van der Waals surface area contributed by atoms with Crippen molar-refractivity contribution >= 4 is 18.2 Å². The van der Waals surface area contributed by atoms with Crippen molar-refractivity contribution in [3.8, 4) is 0 Å². The van der Waals surface area contributed by atoms with E-state index >= 15 is 0 Å². The van der Waals surface area contributed by atoms with Crippen LogP contribution in [0.25, 0.3) is 0 Å². The van der Waals surface area contributed by atoms with Gasteiger partial charge in [0.05, 0.1) is 6.61 Å². The maximum atomic E-state index is 11.7. The standard InChI is InChI=1S/C12H21NO9/c1-5(12(20)21)13-11(19)6(2)22-10(8(17)4-15)9(18)7(16)3-14/h4-10,14,16-18H,3H2,1-2H3,(H,13,19)(H,20,21)/t5-,6?,7?,8?,9?,10?/m0/s1. The second-order valence-electron chi connectivity index (χ2n) is 4.68. The lowest BCUT2D eigenvalue weighted by Gasteiger charge is -2.29. The molecule has 0 radical (unpaired) electrons. The first-order valence-corrected chi connectivity index (χ1v) is 6.44. The molecule has 128 valence electrons. The quantitative estimate of drug-likeness (QED) is 0.224. The van der Waals surface area contributed by atoms with Crippen molar-refractivity contribution in [3.05, 3.63) is 0 Å². The Balaban J connectivity index is 4.88. The second kappa shape index (κ2) is 9.43. The van der Waals surface area contributed by atoms with E-state index in [9.17, 15) is 29.7 Å². The molecule has 5 unspecified atom stereocenters. The second-order valence-corrected chi connectivity index (χ2v) is 4.68. The number of carboxylic acids is 1. The molecule has 0 aliphatic rings. The molecule has 0 aromatic carbocycles. The summed E-state index contributed by atoms with van der Waals surface area (Å²) in [5, 5.41) is 48.0. The first-order valence-electron chi connectivity index (χ1n) is 6.44. The first-order chi connectivity index (χ1) is 10.1. The predicted octanol–water partition coefficient (Wildman–Crippen LogP) is -3.38. The molecule has 10 nitrogen and oxygen atoms in total. The number of hydrogen-bond acceptors (Lipinski definition) is 8. The lowest BCUT2D eigenvalue weighted by atomic mass is 10.0. The highest BCUT2D eigenvalue weighted by atomic mass is 16.5. The molecule has 0 aliphatic heterocycles. The number of ether oxygens (including phenoxy) is 1. The normalized spacial score (nSPS) is 19.4. The number of carbonyl (C=O) groups is 3. The third kappa shape index (κ3) is 6.03. The van der Waals surface area contributed by atoms with Gasteiger partial charge in [0.15, 0.2) is 6.29 Å². The van der Waals surface area contributed by atoms with Crippen LogP contribution < -0.4 is 5.32 Å². The summed E-state index contributed by atoms with van der Waals surface area (Å²) < 4.78 is 5.02. The SMILES string of the molecule is CC(OC(C(O)C=O)C(O)C(O)CO)C(=O)N[C@@H](C)C(=O)O. The highest BCUT2D eigenvalue weighted by molar-refractivity contribution is 5.85. The number of carbonyl (C=O) groups excluding carboxylic acids is 2. The summed E-state index contributed by atoms with van der Waals surface area (Å²) >= 11 is 0. The minimum Gasteiger partial charge on any atom is -0.480 e. The number of aliphatic hydroxyl groups excluding tert-OH is 4. The average molecular weight is 323 g/mol. The van der Waals surface area contributed by atoms with Crippen molar-refractivity contribution < 1.29 is 44.7 Å². The summed E-state index contributed by atoms with van der Waals surface area (Å²) in [5.74, 6) is -2.13. The van der Waals surface area contributed by atoms with E-state index in [1.54, 1.807) is 0 Å². The number of nitrogens with one attached hydrogen (secondary N) is 1. The van der Waals surface area contributed by atoms with Crippen LogP contribution in [0.2, 0.25) is 0 Å². The molecule has 0 heterocycles. The number of aldehydes is 1. The van der Waals surface area contributed by atoms with E-state index in [1.165, 1.54) is 13.8 Å². The van der Waals surface area contributed by atoms with Crippen LogP contribution in [0, 0.1) is 0 Å². The average Bonchev–Trinajstić information content (AvgIpc) is 2.49. The lowest BCUT2D eigenvalue weighted by Crippen LogP contribution is -2.52. The van der Waals surface area contributed by atoms with Gasteiger partial charge in [0.25, 0.3) is 0 Å². The van der Waals surface area contributed by atoms with E-state index in [-0.39, 0.29) is 6.29 Å². The van der Waals surface area contributed by atoms with Gasteiger partial charge in [0.1, 0.15) is 36.6 Å². The molecule has 0 bridgehead atoms. The number of hydrogen-bond donors (Lipinski definition) is 6. The van der Waals surface area contributed by atoms with E-state index < -0.39 is 55.0 Å². The van der Waals surface area contributed by atoms with Crippen LogP contribution in [-0.2, 0) is 19.1 Å². The molecule has 6 N–H and O–H groups in total. The summed E-state index contributed by atoms with van der Waals surface area (Å²) in [6.45, 7) is 1.56. The molecule has 6 atom stereocenters. The number of amides is 1. The highest BCUT2D eigenvalue weighted by Crippen LogP contribution is 2.12. The first kappa shape index (κ1) is 20.4. The molecule has 22 heavy (non-hydrogen) atoms. The van der Waals surface area contributed by atoms with Gasteiger partial charge in [0, 0.05) is 0 Å². The van der Waals surface area contributed by atoms with Gasteiger partial charge in [-0.1, -0.05) is 0 Å². The molecule has 0 rings (SSSR count). The Kier molecular flexibility index (Phi) is 8.75. The zero-order valence-corrected chi connectivity index (χ0v) is 12.1. The van der Waals surface area contributed by atoms with Gasteiger partial charge >= 0.3 is 5.97 Å². The number of carboxylic acid groups (broad SMARTS) is 1. The van der Waals surface area contributed by atoms with E-state index in [1.807, 2.05) is 0 Å². The topological polar surface area (TPSA) is 174 Å². The van der Waals surface area contributed by atoms with Gasteiger partial charge in [0.2, 0.25) is 5.91 Å². The summed E-state index contributed by atoms with van der Waals surface area (Å²) in [4.78, 5) is 32.9. The Labute approximate surface area is 126 Å². The van der Waals surface area contributed by atoms with E-state index in [4.69, 9.17) is 14.9 Å². The fourth-order valence-corrected chi connectivity index (χ4v) is 1.46. The van der Waals surface area contributed by atoms with Crippen LogP contribution >= 0.6 is 0 Å². The molecule has 0 aliphatic carbocycles. The van der Waals surface area contributed by atoms with Gasteiger partial charge < -0.3 is 40.4 Å². The van der Waals surface area contributed by atoms with Gasteiger partial charge in [-0.25, -0.2) is 0 Å². The molecule has 0 saturated carbocycles. The van der Waals surface area contributed by atoms with E-state index in [0.29, 0.717) is 0 Å². The molecule has 0 spiro atoms. The maximum Gasteiger partial charge on any atom is 0.325 e. The monoisotopic (exact) mass is 323 g/mol. The van der Waals surface area contributed by atoms with Crippen molar-refractivity contribution in [3.63, 3.8) is 0 Å². The Morgan fingerprint density at radius 2 is 1.77 bits per heavy atom. The molecule has 1 amide bonds. The summed E-state index contributed by atoms with van der Waals surface area (Å²) in [6, 6.07) is -1.19. The third-order valence-corrected chi connectivity index (χ3v) is 2.85. The van der Waals surface area contributed by atoms with Gasteiger partial charge in [-0.2, -0.15) is 0 Å². The number of aliphatic carboxylic acids is 1. The zero-order valence-electron chi connectivity index (χ0n) is 12.1. The predicted molar refractivity (Wildman–Crippen MR) is 70.7 cm³/mol. The zero-order chi connectivity index (χ0) is 17.4. The summed E-state index contributed by atoms with van der Waals surface area (Å²) in [7, 11) is 0. The molecule has 0 aromatic rings. The number of rotatable bonds is 10. The smallest absolute Gasteiger partial charge is 0.325 e. The van der Waals surface area contributed by atoms with Gasteiger partial charge in [-0.3, -0.25) is 9.59 Å². The van der Waals surface area contributed by atoms with Crippen molar-refractivity contribution in [2.75, 3.05) is 6.61 Å². The van der Waals surface area contributed by atoms with Crippen molar-refractivity contribution in [2.24, 2.45) is 0 Å². The molecule has 10 heteroatoms. The van der Waals surface area contributed by atoms with Gasteiger partial charge in [-0.05, 0) is 13.8 Å². The van der Waals surface area contributed by atoms with E-state index in [0.717, 1.165) is 0 Å². The Morgan fingerprint density at radius 1 is 1.23 bits per heavy atom. The van der Waals surface area contributed by atoms with Crippen molar-refractivity contribution in [1.82, 2.24) is 5.32 Å². The van der Waals surface area contributed by atoms with Crippen LogP contribution in [0.1, 0.15) is 13.8 Å². The fraction of sp³-hybridized carbons (Fsp3) is 0.750. The van der Waals surface area contributed by atoms with E-state index in [2.05, 4.69) is 5.32 Å². The van der Waals surface area contributed by atoms with Crippen molar-refractivity contribution in [1.29, 1.82) is 0 Å². The minimum atomic E-state index is -1.86. The molecule has 0 fully saturated rings. The van der Waals surface area contributed by atoms with Crippen LogP contribution in [-0.4, -0.2) is 86.9 Å². The fourth-order valence-electron chi connectivity index (χ4n) is 1.46.